The van der Waals surface area contributed by atoms with E-state index in [0.717, 1.165) is 23.9 Å². The van der Waals surface area contributed by atoms with Crippen molar-refractivity contribution in [3.8, 4) is 5.75 Å². The van der Waals surface area contributed by atoms with E-state index in [-0.39, 0.29) is 0 Å². The molecule has 0 amide bonds. The maximum absolute atomic E-state index is 5.69. The number of ether oxygens (including phenoxy) is 1. The number of nitrogens with zero attached hydrogens (tertiary/aromatic N) is 1. The van der Waals surface area contributed by atoms with Crippen LogP contribution in [-0.4, -0.2) is 36.8 Å². The normalized spacial score (nSPS) is 29.1. The van der Waals surface area contributed by atoms with Gasteiger partial charge in [0.25, 0.3) is 0 Å². The smallest absolute Gasteiger partial charge is 0.122 e. The third kappa shape index (κ3) is 2.03. The highest BCUT2D eigenvalue weighted by Crippen LogP contribution is 2.51. The molecule has 1 aromatic carbocycles. The first-order chi connectivity index (χ1) is 10.2. The van der Waals surface area contributed by atoms with Gasteiger partial charge in [0.2, 0.25) is 0 Å². The van der Waals surface area contributed by atoms with Crippen LogP contribution in [0, 0.1) is 0 Å². The number of hydrogen-bond donors (Lipinski definition) is 0. The van der Waals surface area contributed by atoms with E-state index in [2.05, 4.69) is 32.2 Å². The summed E-state index contributed by atoms with van der Waals surface area (Å²) in [4.78, 5) is 0. The summed E-state index contributed by atoms with van der Waals surface area (Å²) in [6.07, 6.45) is 8.40. The fraction of sp³-hybridized carbons (Fsp3) is 0.684. The summed E-state index contributed by atoms with van der Waals surface area (Å²) in [5.41, 5.74) is 3.03. The number of likely N-dealkylation sites (N-methyl/N-ethyl adjacent to an activating group) is 1. The molecule has 2 fully saturated rings. The molecule has 0 bridgehead atoms. The molecule has 2 saturated carbocycles. The first-order valence-electron chi connectivity index (χ1n) is 8.67. The van der Waals surface area contributed by atoms with Gasteiger partial charge in [-0.1, -0.05) is 19.1 Å². The summed E-state index contributed by atoms with van der Waals surface area (Å²) in [5.74, 6) is 1.74. The molecule has 2 nitrogen and oxygen atoms in total. The Labute approximate surface area is 128 Å². The number of rotatable bonds is 4. The number of aryl methyl sites for hydroxylation is 1. The van der Waals surface area contributed by atoms with E-state index in [1.165, 1.54) is 54.1 Å². The predicted octanol–water partition coefficient (Wildman–Crippen LogP) is 3.88. The van der Waals surface area contributed by atoms with Gasteiger partial charge in [-0.15, -0.1) is 0 Å². The van der Waals surface area contributed by atoms with Crippen LogP contribution in [0.5, 0.6) is 5.75 Å². The Morgan fingerprint density at radius 3 is 2.29 bits per heavy atom. The second-order valence-electron chi connectivity index (χ2n) is 7.61. The first-order valence-corrected chi connectivity index (χ1v) is 8.67. The largest absolute Gasteiger partial charge is 0.496 e. The van der Waals surface area contributed by atoms with Crippen molar-refractivity contribution >= 4 is 0 Å². The molecular weight excluding hydrogens is 258 g/mol. The fourth-order valence-electron chi connectivity index (χ4n) is 5.11. The van der Waals surface area contributed by atoms with Crippen LogP contribution in [0.4, 0.5) is 0 Å². The monoisotopic (exact) mass is 286 g/mol. The molecule has 2 atom stereocenters. The lowest BCUT2D eigenvalue weighted by atomic mass is 9.77. The van der Waals surface area contributed by atoms with Crippen LogP contribution in [0.15, 0.2) is 18.2 Å². The van der Waals surface area contributed by atoms with Gasteiger partial charge in [-0.2, -0.15) is 0 Å². The van der Waals surface area contributed by atoms with Gasteiger partial charge in [0, 0.05) is 43.6 Å². The number of fused-ring (bicyclic) bond motifs is 1. The second-order valence-corrected chi connectivity index (χ2v) is 7.61. The summed E-state index contributed by atoms with van der Waals surface area (Å²) in [5, 5.41) is 0. The zero-order chi connectivity index (χ0) is 14.6. The lowest BCUT2D eigenvalue weighted by molar-refractivity contribution is -0.955. The Morgan fingerprint density at radius 1 is 1.05 bits per heavy atom. The van der Waals surface area contributed by atoms with E-state index in [9.17, 15) is 0 Å². The van der Waals surface area contributed by atoms with Crippen LogP contribution in [0.3, 0.4) is 0 Å². The van der Waals surface area contributed by atoms with Gasteiger partial charge in [-0.05, 0) is 18.1 Å². The van der Waals surface area contributed by atoms with Crippen LogP contribution in [0.25, 0.3) is 0 Å². The highest BCUT2D eigenvalue weighted by Gasteiger charge is 2.57. The minimum absolute atomic E-state index is 0.621. The van der Waals surface area contributed by atoms with Gasteiger partial charge in [0.05, 0.1) is 32.3 Å². The number of quaternary nitrogens is 1. The van der Waals surface area contributed by atoms with Crippen LogP contribution in [0.1, 0.15) is 56.1 Å². The topological polar surface area (TPSA) is 9.23 Å². The maximum Gasteiger partial charge on any atom is 0.122 e. The van der Waals surface area contributed by atoms with E-state index in [4.69, 9.17) is 4.74 Å². The summed E-state index contributed by atoms with van der Waals surface area (Å²) in [7, 11) is 4.39. The van der Waals surface area contributed by atoms with Crippen LogP contribution < -0.4 is 4.74 Å². The summed E-state index contributed by atoms with van der Waals surface area (Å²) in [6, 6.07) is 9.29. The fourth-order valence-corrected chi connectivity index (χ4v) is 5.11. The quantitative estimate of drug-likeness (QED) is 0.763. The Bertz CT molecular complexity index is 518. The molecule has 0 aliphatic heterocycles. The highest BCUT2D eigenvalue weighted by atomic mass is 16.5. The molecular formula is C19H28NO+. The van der Waals surface area contributed by atoms with E-state index in [1.807, 2.05) is 7.11 Å². The van der Waals surface area contributed by atoms with Crippen LogP contribution in [-0.2, 0) is 6.42 Å². The average Bonchev–Trinajstić information content (AvgIpc) is 3.38. The highest BCUT2D eigenvalue weighted by molar-refractivity contribution is 5.45. The molecule has 2 heteroatoms. The zero-order valence-corrected chi connectivity index (χ0v) is 13.6. The second kappa shape index (κ2) is 4.74. The molecule has 114 valence electrons. The number of hydrogen-bond acceptors (Lipinski definition) is 1. The van der Waals surface area contributed by atoms with Crippen molar-refractivity contribution in [1.82, 2.24) is 0 Å². The van der Waals surface area contributed by atoms with Crippen molar-refractivity contribution in [3.05, 3.63) is 29.3 Å². The standard InChI is InChI=1S/C19H28NO/c1-13-17(20(2,15-8-9-15)16-10-11-16)12-7-14-5-4-6-18(21-3)19(13)14/h4-6,13,15-17H,7-12H2,1-3H3/q+1. The molecule has 21 heavy (non-hydrogen) atoms. The van der Waals surface area contributed by atoms with Gasteiger partial charge in [-0.25, -0.2) is 0 Å². The maximum atomic E-state index is 5.69. The predicted molar refractivity (Wildman–Crippen MR) is 85.7 cm³/mol. The Kier molecular flexibility index (Phi) is 3.08. The molecule has 0 radical (unpaired) electrons. The lowest BCUT2D eigenvalue weighted by Gasteiger charge is -2.48. The molecule has 3 aliphatic carbocycles. The molecule has 3 aliphatic rings. The summed E-state index contributed by atoms with van der Waals surface area (Å²) < 4.78 is 7.05. The van der Waals surface area contributed by atoms with Crippen LogP contribution >= 0.6 is 0 Å². The van der Waals surface area contributed by atoms with Gasteiger partial charge in [0.1, 0.15) is 5.75 Å². The molecule has 4 rings (SSSR count). The minimum atomic E-state index is 0.621. The Morgan fingerprint density at radius 2 is 1.71 bits per heavy atom. The molecule has 0 N–H and O–H groups in total. The third-order valence-corrected chi connectivity index (χ3v) is 6.50. The molecule has 0 heterocycles. The SMILES string of the molecule is COc1cccc2c1C(C)C([N+](C)(C1CC1)C1CC1)CC2. The zero-order valence-electron chi connectivity index (χ0n) is 13.6. The van der Waals surface area contributed by atoms with Crippen molar-refractivity contribution in [3.63, 3.8) is 0 Å². The van der Waals surface area contributed by atoms with Crippen molar-refractivity contribution in [1.29, 1.82) is 0 Å². The summed E-state index contributed by atoms with van der Waals surface area (Å²) >= 11 is 0. The van der Waals surface area contributed by atoms with E-state index >= 15 is 0 Å². The lowest BCUT2D eigenvalue weighted by Crippen LogP contribution is -2.58. The van der Waals surface area contributed by atoms with Gasteiger partial charge in [-0.3, -0.25) is 0 Å². The van der Waals surface area contributed by atoms with Gasteiger partial charge in [0.15, 0.2) is 0 Å². The molecule has 0 saturated heterocycles. The van der Waals surface area contributed by atoms with E-state index in [1.54, 1.807) is 0 Å². The first kappa shape index (κ1) is 13.6. The third-order valence-electron chi connectivity index (χ3n) is 6.50. The van der Waals surface area contributed by atoms with Gasteiger partial charge < -0.3 is 9.22 Å². The van der Waals surface area contributed by atoms with Gasteiger partial charge >= 0.3 is 0 Å². The summed E-state index contributed by atoms with van der Waals surface area (Å²) in [6.45, 7) is 2.45. The van der Waals surface area contributed by atoms with Crippen LogP contribution in [0.2, 0.25) is 0 Å². The van der Waals surface area contributed by atoms with E-state index < -0.39 is 0 Å². The van der Waals surface area contributed by atoms with E-state index in [0.29, 0.717) is 5.92 Å². The molecule has 0 aromatic heterocycles. The van der Waals surface area contributed by atoms with Crippen molar-refractivity contribution in [2.24, 2.45) is 0 Å². The molecule has 2 unspecified atom stereocenters. The number of methoxy groups -OCH3 is 1. The van der Waals surface area contributed by atoms with Crippen molar-refractivity contribution in [2.45, 2.75) is 69.5 Å². The Hall–Kier alpha value is -1.02. The molecule has 0 spiro atoms. The average molecular weight is 286 g/mol. The minimum Gasteiger partial charge on any atom is -0.496 e. The Balaban J connectivity index is 1.72. The van der Waals surface area contributed by atoms with Crippen molar-refractivity contribution < 1.29 is 9.22 Å². The number of benzene rings is 1. The molecule has 1 aromatic rings. The van der Waals surface area contributed by atoms with Crippen molar-refractivity contribution in [2.75, 3.05) is 14.2 Å².